The van der Waals surface area contributed by atoms with Gasteiger partial charge in [0, 0.05) is 18.9 Å². The van der Waals surface area contributed by atoms with Gasteiger partial charge in [0.15, 0.2) is 9.84 Å². The average Bonchev–Trinajstić information content (AvgIpc) is 2.31. The number of piperidine rings is 1. The molecular formula is C11H17ClN2O2S. The van der Waals surface area contributed by atoms with Crippen molar-refractivity contribution in [1.82, 2.24) is 10.3 Å². The minimum atomic E-state index is -3.04. The van der Waals surface area contributed by atoms with Crippen LogP contribution in [0.2, 0.25) is 0 Å². The van der Waals surface area contributed by atoms with Crippen LogP contribution in [0.3, 0.4) is 0 Å². The summed E-state index contributed by atoms with van der Waals surface area (Å²) in [4.78, 5) is 3.93. The van der Waals surface area contributed by atoms with Gasteiger partial charge in [-0.05, 0) is 31.0 Å². The normalized spacial score (nSPS) is 20.6. The predicted octanol–water partition coefficient (Wildman–Crippen LogP) is 1.17. The number of hydrogen-bond acceptors (Lipinski definition) is 4. The Hall–Kier alpha value is -0.650. The Balaban J connectivity index is 0.00000144. The van der Waals surface area contributed by atoms with Crippen LogP contribution in [0, 0.1) is 0 Å². The molecule has 0 radical (unpaired) electrons. The first kappa shape index (κ1) is 14.4. The number of hydrogen-bond donors (Lipinski definition) is 1. The molecule has 96 valence electrons. The molecule has 1 aliphatic rings. The van der Waals surface area contributed by atoms with E-state index < -0.39 is 9.84 Å². The van der Waals surface area contributed by atoms with Crippen molar-refractivity contribution in [2.75, 3.05) is 13.1 Å². The molecule has 0 aliphatic carbocycles. The lowest BCUT2D eigenvalue weighted by molar-refractivity contribution is 0.496. The zero-order chi connectivity index (χ0) is 11.4. The smallest absolute Gasteiger partial charge is 0.158 e. The van der Waals surface area contributed by atoms with Gasteiger partial charge in [0.05, 0.1) is 11.0 Å². The molecule has 2 rings (SSSR count). The molecule has 6 heteroatoms. The third-order valence-electron chi connectivity index (χ3n) is 2.85. The van der Waals surface area contributed by atoms with Crippen molar-refractivity contribution < 1.29 is 8.42 Å². The van der Waals surface area contributed by atoms with Crippen LogP contribution >= 0.6 is 12.4 Å². The van der Waals surface area contributed by atoms with Crippen LogP contribution in [-0.4, -0.2) is 31.7 Å². The molecule has 1 fully saturated rings. The highest BCUT2D eigenvalue weighted by Crippen LogP contribution is 2.16. The Kier molecular flexibility index (Phi) is 5.36. The average molecular weight is 277 g/mol. The highest BCUT2D eigenvalue weighted by molar-refractivity contribution is 7.91. The standard InChI is InChI=1S/C11H16N2O2S.ClH/c14-16(15,11-4-2-6-13-8-11)9-10-3-1-5-12-7-10;/h1,3,5,7,11,13H,2,4,6,8-9H2;1H. The monoisotopic (exact) mass is 276 g/mol. The van der Waals surface area contributed by atoms with E-state index in [0.717, 1.165) is 24.9 Å². The summed E-state index contributed by atoms with van der Waals surface area (Å²) >= 11 is 0. The Morgan fingerprint density at radius 2 is 2.29 bits per heavy atom. The summed E-state index contributed by atoms with van der Waals surface area (Å²) in [5.41, 5.74) is 0.771. The van der Waals surface area contributed by atoms with E-state index in [-0.39, 0.29) is 23.4 Å². The molecule has 1 aromatic rings. The fraction of sp³-hybridized carbons (Fsp3) is 0.545. The van der Waals surface area contributed by atoms with Crippen LogP contribution in [0.5, 0.6) is 0 Å². The first-order valence-corrected chi connectivity index (χ1v) is 7.21. The minimum Gasteiger partial charge on any atom is -0.315 e. The van der Waals surface area contributed by atoms with E-state index in [0.29, 0.717) is 6.54 Å². The molecule has 0 amide bonds. The maximum absolute atomic E-state index is 12.1. The highest BCUT2D eigenvalue weighted by atomic mass is 35.5. The lowest BCUT2D eigenvalue weighted by atomic mass is 10.2. The van der Waals surface area contributed by atoms with Crippen molar-refractivity contribution in [3.05, 3.63) is 30.1 Å². The van der Waals surface area contributed by atoms with Gasteiger partial charge in [-0.1, -0.05) is 6.07 Å². The molecule has 1 aliphatic heterocycles. The fourth-order valence-corrected chi connectivity index (χ4v) is 3.73. The van der Waals surface area contributed by atoms with Gasteiger partial charge in [-0.15, -0.1) is 12.4 Å². The van der Waals surface area contributed by atoms with Crippen molar-refractivity contribution >= 4 is 22.2 Å². The molecule has 0 bridgehead atoms. The first-order valence-electron chi connectivity index (χ1n) is 5.50. The number of aromatic nitrogens is 1. The van der Waals surface area contributed by atoms with Gasteiger partial charge < -0.3 is 5.32 Å². The summed E-state index contributed by atoms with van der Waals surface area (Å²) in [6.45, 7) is 1.52. The van der Waals surface area contributed by atoms with Crippen LogP contribution in [-0.2, 0) is 15.6 Å². The highest BCUT2D eigenvalue weighted by Gasteiger charge is 2.27. The molecular weight excluding hydrogens is 260 g/mol. The molecule has 1 atom stereocenters. The zero-order valence-electron chi connectivity index (χ0n) is 9.50. The molecule has 1 unspecified atom stereocenters. The zero-order valence-corrected chi connectivity index (χ0v) is 11.1. The predicted molar refractivity (Wildman–Crippen MR) is 70.0 cm³/mol. The van der Waals surface area contributed by atoms with Crippen molar-refractivity contribution in [2.45, 2.75) is 23.8 Å². The second-order valence-corrected chi connectivity index (χ2v) is 6.42. The van der Waals surface area contributed by atoms with Gasteiger partial charge >= 0.3 is 0 Å². The second kappa shape index (κ2) is 6.33. The van der Waals surface area contributed by atoms with Crippen LogP contribution in [0.25, 0.3) is 0 Å². The number of nitrogens with one attached hydrogen (secondary N) is 1. The van der Waals surface area contributed by atoms with E-state index >= 15 is 0 Å². The molecule has 2 heterocycles. The van der Waals surface area contributed by atoms with Crippen LogP contribution in [0.4, 0.5) is 0 Å². The summed E-state index contributed by atoms with van der Waals surface area (Å²) < 4.78 is 24.2. The number of pyridine rings is 1. The van der Waals surface area contributed by atoms with Crippen molar-refractivity contribution in [1.29, 1.82) is 0 Å². The van der Waals surface area contributed by atoms with E-state index in [4.69, 9.17) is 0 Å². The van der Waals surface area contributed by atoms with Gasteiger partial charge in [-0.2, -0.15) is 0 Å². The van der Waals surface area contributed by atoms with Crippen LogP contribution < -0.4 is 5.32 Å². The Morgan fingerprint density at radius 1 is 1.47 bits per heavy atom. The van der Waals surface area contributed by atoms with Crippen LogP contribution in [0.15, 0.2) is 24.5 Å². The van der Waals surface area contributed by atoms with Gasteiger partial charge in [-0.25, -0.2) is 8.42 Å². The van der Waals surface area contributed by atoms with Gasteiger partial charge in [0.25, 0.3) is 0 Å². The molecule has 0 aromatic carbocycles. The molecule has 0 spiro atoms. The van der Waals surface area contributed by atoms with Gasteiger partial charge in [0.1, 0.15) is 0 Å². The third-order valence-corrected chi connectivity index (χ3v) is 5.00. The first-order chi connectivity index (χ1) is 7.68. The molecule has 4 nitrogen and oxygen atoms in total. The Bertz CT molecular complexity index is 430. The summed E-state index contributed by atoms with van der Waals surface area (Å²) in [7, 11) is -3.04. The van der Waals surface area contributed by atoms with Crippen molar-refractivity contribution in [3.63, 3.8) is 0 Å². The van der Waals surface area contributed by atoms with Crippen molar-refractivity contribution in [2.24, 2.45) is 0 Å². The summed E-state index contributed by atoms with van der Waals surface area (Å²) in [6.07, 6.45) is 4.98. The molecule has 1 N–H and O–H groups in total. The minimum absolute atomic E-state index is 0. The van der Waals surface area contributed by atoms with Gasteiger partial charge in [-0.3, -0.25) is 4.98 Å². The second-order valence-electron chi connectivity index (χ2n) is 4.14. The number of halogens is 1. The quantitative estimate of drug-likeness (QED) is 0.900. The molecule has 17 heavy (non-hydrogen) atoms. The van der Waals surface area contributed by atoms with E-state index in [1.807, 2.05) is 0 Å². The fourth-order valence-electron chi connectivity index (χ4n) is 1.96. The largest absolute Gasteiger partial charge is 0.315 e. The Morgan fingerprint density at radius 3 is 2.88 bits per heavy atom. The third kappa shape index (κ3) is 3.94. The van der Waals surface area contributed by atoms with Crippen LogP contribution in [0.1, 0.15) is 18.4 Å². The molecule has 1 saturated heterocycles. The molecule has 0 saturated carbocycles. The maximum Gasteiger partial charge on any atom is 0.158 e. The van der Waals surface area contributed by atoms with E-state index in [9.17, 15) is 8.42 Å². The van der Waals surface area contributed by atoms with Crippen molar-refractivity contribution in [3.8, 4) is 0 Å². The van der Waals surface area contributed by atoms with Gasteiger partial charge in [0.2, 0.25) is 0 Å². The Labute approximate surface area is 108 Å². The van der Waals surface area contributed by atoms with E-state index in [2.05, 4.69) is 10.3 Å². The summed E-state index contributed by atoms with van der Waals surface area (Å²) in [5, 5.41) is 2.90. The number of rotatable bonds is 3. The van der Waals surface area contributed by atoms with E-state index in [1.165, 1.54) is 0 Å². The van der Waals surface area contributed by atoms with E-state index in [1.54, 1.807) is 24.5 Å². The number of sulfone groups is 1. The SMILES string of the molecule is Cl.O=S(=O)(Cc1cccnc1)C1CCCNC1. The topological polar surface area (TPSA) is 59.1 Å². The summed E-state index contributed by atoms with van der Waals surface area (Å²) in [6, 6.07) is 3.57. The summed E-state index contributed by atoms with van der Waals surface area (Å²) in [5.74, 6) is 0.104. The maximum atomic E-state index is 12.1. The lowest BCUT2D eigenvalue weighted by Gasteiger charge is -2.22. The lowest BCUT2D eigenvalue weighted by Crippen LogP contribution is -2.39. The molecule has 1 aromatic heterocycles. The number of nitrogens with zero attached hydrogens (tertiary/aromatic N) is 1.